The lowest BCUT2D eigenvalue weighted by molar-refractivity contribution is -0.159. The van der Waals surface area contributed by atoms with Gasteiger partial charge in [0.25, 0.3) is 0 Å². The summed E-state index contributed by atoms with van der Waals surface area (Å²) < 4.78 is 13.4. The van der Waals surface area contributed by atoms with Gasteiger partial charge in [0.05, 0.1) is 11.4 Å². The van der Waals surface area contributed by atoms with Gasteiger partial charge in [-0.1, -0.05) is 13.8 Å². The minimum absolute atomic E-state index is 0.108. The Bertz CT molecular complexity index is 861. The minimum atomic E-state index is -1.83. The Kier molecular flexibility index (Phi) is 7.75. The number of carboxylic acids is 1. The second-order valence-electron chi connectivity index (χ2n) is 14.9. The minimum Gasteiger partial charge on any atom is -0.547 e. The lowest BCUT2D eigenvalue weighted by Crippen LogP contribution is -2.60. The number of aliphatic carboxylic acids is 1. The Morgan fingerprint density at radius 2 is 1.75 bits per heavy atom. The quantitative estimate of drug-likeness (QED) is 0.325. The van der Waals surface area contributed by atoms with E-state index in [0.717, 1.165) is 44.9 Å². The van der Waals surface area contributed by atoms with E-state index in [9.17, 15) is 15.0 Å². The molecule has 0 aromatic carbocycles. The summed E-state index contributed by atoms with van der Waals surface area (Å²) in [4.78, 5) is 11.3. The first-order chi connectivity index (χ1) is 16.5. The Balaban J connectivity index is 1.65. The van der Waals surface area contributed by atoms with Crippen molar-refractivity contribution in [2.24, 2.45) is 40.9 Å². The maximum absolute atomic E-state index is 12.3. The zero-order valence-corrected chi connectivity index (χ0v) is 26.1. The molecule has 4 aliphatic carbocycles. The summed E-state index contributed by atoms with van der Waals surface area (Å²) in [5.74, 6) is 2.58. The van der Waals surface area contributed by atoms with Crippen molar-refractivity contribution < 1.29 is 23.9 Å². The molecule has 36 heavy (non-hydrogen) atoms. The van der Waals surface area contributed by atoms with Crippen LogP contribution in [-0.4, -0.2) is 44.5 Å². The number of rotatable bonds is 8. The molecule has 0 amide bonds. The molecule has 0 spiro atoms. The van der Waals surface area contributed by atoms with Gasteiger partial charge >= 0.3 is 5.97 Å². The summed E-state index contributed by atoms with van der Waals surface area (Å²) in [6.07, 6.45) is 10.8. The SMILES string of the molecule is CC(CCC(=O)O)[C@H]1CC[C@H]2[C@@H]3C(O[Si](C)(C)C)=C[C@@H]4C[C@H](O[Si](C)(C)C)CC[C@]4(O)[C@H]3CC[C@]12C. The van der Waals surface area contributed by atoms with E-state index in [1.165, 1.54) is 12.2 Å². The fourth-order valence-electron chi connectivity index (χ4n) is 8.85. The van der Waals surface area contributed by atoms with Crippen LogP contribution in [0.25, 0.3) is 0 Å². The molecule has 0 heterocycles. The highest BCUT2D eigenvalue weighted by Crippen LogP contribution is 2.66. The van der Waals surface area contributed by atoms with Gasteiger partial charge in [-0.2, -0.15) is 0 Å². The van der Waals surface area contributed by atoms with Crippen LogP contribution in [0.5, 0.6) is 0 Å². The van der Waals surface area contributed by atoms with Crippen molar-refractivity contribution in [3.05, 3.63) is 11.8 Å². The molecule has 7 heteroatoms. The van der Waals surface area contributed by atoms with E-state index in [2.05, 4.69) is 59.2 Å². The van der Waals surface area contributed by atoms with Gasteiger partial charge < -0.3 is 19.1 Å². The summed E-state index contributed by atoms with van der Waals surface area (Å²) in [5.41, 5.74) is -0.479. The van der Waals surface area contributed by atoms with Crippen molar-refractivity contribution in [1.29, 1.82) is 0 Å². The fraction of sp³-hybridized carbons (Fsp3) is 0.897. The zero-order valence-electron chi connectivity index (χ0n) is 24.1. The highest BCUT2D eigenvalue weighted by Gasteiger charge is 2.63. The number of aliphatic hydroxyl groups is 1. The van der Waals surface area contributed by atoms with E-state index in [0.29, 0.717) is 17.8 Å². The molecule has 0 bridgehead atoms. The van der Waals surface area contributed by atoms with E-state index in [4.69, 9.17) is 8.85 Å². The third kappa shape index (κ3) is 5.55. The van der Waals surface area contributed by atoms with Gasteiger partial charge in [0.1, 0.15) is 0 Å². The first-order valence-electron chi connectivity index (χ1n) is 14.6. The van der Waals surface area contributed by atoms with Gasteiger partial charge in [0.2, 0.25) is 8.32 Å². The molecular weight excluding hydrogens is 484 g/mol. The first-order valence-corrected chi connectivity index (χ1v) is 21.4. The molecule has 0 aromatic rings. The lowest BCUT2D eigenvalue weighted by Gasteiger charge is -2.59. The summed E-state index contributed by atoms with van der Waals surface area (Å²) in [6.45, 7) is 18.3. The predicted octanol–water partition coefficient (Wildman–Crippen LogP) is 7.05. The van der Waals surface area contributed by atoms with Crippen LogP contribution in [0.4, 0.5) is 0 Å². The van der Waals surface area contributed by atoms with Gasteiger partial charge in [-0.3, -0.25) is 4.79 Å². The second kappa shape index (κ2) is 9.84. The molecule has 1 unspecified atom stereocenters. The standard InChI is InChI=1S/C29H52O5Si2/c1-19(9-12-26(30)31)22-10-11-23-27-24(14-15-28(22,23)2)29(32)16-13-21(33-35(3,4)5)17-20(29)18-25(27)34-36(6,7)8/h18-24,27,32H,9-17H2,1-8H3,(H,30,31)/t19?,20-,21+,22+,23-,24-,27-,28+,29+/m0/s1. The molecule has 2 N–H and O–H groups in total. The van der Waals surface area contributed by atoms with Crippen LogP contribution in [0.15, 0.2) is 11.8 Å². The Morgan fingerprint density at radius 3 is 2.36 bits per heavy atom. The second-order valence-corrected chi connectivity index (χ2v) is 23.8. The average molecular weight is 537 g/mol. The fourth-order valence-corrected chi connectivity index (χ4v) is 11.0. The van der Waals surface area contributed by atoms with Crippen LogP contribution < -0.4 is 0 Å². The molecule has 206 valence electrons. The number of carboxylic acid groups (broad SMARTS) is 1. The Labute approximate surface area is 221 Å². The third-order valence-electron chi connectivity index (χ3n) is 10.2. The van der Waals surface area contributed by atoms with Crippen molar-refractivity contribution in [2.75, 3.05) is 0 Å². The molecule has 0 aliphatic heterocycles. The predicted molar refractivity (Wildman–Crippen MR) is 150 cm³/mol. The van der Waals surface area contributed by atoms with Crippen molar-refractivity contribution in [3.63, 3.8) is 0 Å². The highest BCUT2D eigenvalue weighted by molar-refractivity contribution is 6.70. The molecule has 0 saturated heterocycles. The first kappa shape index (κ1) is 28.4. The van der Waals surface area contributed by atoms with Crippen molar-refractivity contribution in [1.82, 2.24) is 0 Å². The molecule has 9 atom stereocenters. The van der Waals surface area contributed by atoms with Crippen LogP contribution in [0.1, 0.15) is 71.6 Å². The lowest BCUT2D eigenvalue weighted by atomic mass is 9.49. The molecule has 5 nitrogen and oxygen atoms in total. The maximum atomic E-state index is 12.3. The number of hydrogen-bond donors (Lipinski definition) is 2. The van der Waals surface area contributed by atoms with Crippen molar-refractivity contribution >= 4 is 22.6 Å². The van der Waals surface area contributed by atoms with Crippen LogP contribution in [0, 0.1) is 40.9 Å². The van der Waals surface area contributed by atoms with E-state index in [1.54, 1.807) is 0 Å². The average Bonchev–Trinajstić information content (AvgIpc) is 3.08. The van der Waals surface area contributed by atoms with Crippen LogP contribution in [0.2, 0.25) is 39.3 Å². The van der Waals surface area contributed by atoms with E-state index >= 15 is 0 Å². The van der Waals surface area contributed by atoms with E-state index < -0.39 is 28.2 Å². The molecule has 4 rings (SSSR count). The smallest absolute Gasteiger partial charge is 0.303 e. The Hall–Kier alpha value is -0.636. The molecule has 4 aliphatic rings. The summed E-state index contributed by atoms with van der Waals surface area (Å²) in [6, 6.07) is 0. The van der Waals surface area contributed by atoms with Gasteiger partial charge in [-0.25, -0.2) is 0 Å². The molecule has 3 saturated carbocycles. The van der Waals surface area contributed by atoms with Gasteiger partial charge in [0.15, 0.2) is 8.32 Å². The molecule has 0 radical (unpaired) electrons. The van der Waals surface area contributed by atoms with Crippen molar-refractivity contribution in [2.45, 2.75) is 123 Å². The number of hydrogen-bond acceptors (Lipinski definition) is 4. The Morgan fingerprint density at radius 1 is 1.06 bits per heavy atom. The van der Waals surface area contributed by atoms with E-state index in [-0.39, 0.29) is 35.7 Å². The summed E-state index contributed by atoms with van der Waals surface area (Å²) >= 11 is 0. The van der Waals surface area contributed by atoms with Gasteiger partial charge in [0, 0.05) is 24.4 Å². The highest BCUT2D eigenvalue weighted by atomic mass is 28.4. The molecule has 3 fully saturated rings. The molecule has 0 aromatic heterocycles. The normalized spacial score (nSPS) is 41.5. The number of allylic oxidation sites excluding steroid dienone is 1. The van der Waals surface area contributed by atoms with Crippen LogP contribution >= 0.6 is 0 Å². The number of carbonyl (C=O) groups is 1. The summed E-state index contributed by atoms with van der Waals surface area (Å²) in [7, 11) is -3.47. The van der Waals surface area contributed by atoms with E-state index in [1.807, 2.05) is 0 Å². The van der Waals surface area contributed by atoms with Gasteiger partial charge in [-0.15, -0.1) is 0 Å². The largest absolute Gasteiger partial charge is 0.547 e. The third-order valence-corrected chi connectivity index (χ3v) is 12.0. The summed E-state index contributed by atoms with van der Waals surface area (Å²) in [5, 5.41) is 21.6. The maximum Gasteiger partial charge on any atom is 0.303 e. The van der Waals surface area contributed by atoms with Crippen LogP contribution in [-0.2, 0) is 13.6 Å². The van der Waals surface area contributed by atoms with Gasteiger partial charge in [-0.05, 0) is 126 Å². The van der Waals surface area contributed by atoms with Crippen molar-refractivity contribution in [3.8, 4) is 0 Å². The molecular formula is C29H52O5Si2. The van der Waals surface area contributed by atoms with Crippen LogP contribution in [0.3, 0.4) is 0 Å². The zero-order chi connectivity index (χ0) is 26.7. The monoisotopic (exact) mass is 536 g/mol. The number of fused-ring (bicyclic) bond motifs is 5. The topological polar surface area (TPSA) is 76.0 Å².